The zero-order valence-corrected chi connectivity index (χ0v) is 10.2. The summed E-state index contributed by atoms with van der Waals surface area (Å²) >= 11 is 0. The summed E-state index contributed by atoms with van der Waals surface area (Å²) in [5.74, 6) is 0.637. The summed E-state index contributed by atoms with van der Waals surface area (Å²) in [6, 6.07) is 9.25. The van der Waals surface area contributed by atoms with E-state index in [1.807, 2.05) is 25.1 Å². The van der Waals surface area contributed by atoms with Crippen molar-refractivity contribution in [1.29, 1.82) is 0 Å². The SMILES string of the molecule is COc1ccc2nc3ccc(C)cc3c(=O)n2c1. The molecule has 0 aliphatic rings. The maximum Gasteiger partial charge on any atom is 0.265 e. The highest BCUT2D eigenvalue weighted by atomic mass is 16.5. The van der Waals surface area contributed by atoms with Crippen molar-refractivity contribution in [1.82, 2.24) is 9.38 Å². The van der Waals surface area contributed by atoms with Crippen LogP contribution in [-0.2, 0) is 0 Å². The molecular weight excluding hydrogens is 228 g/mol. The second-order valence-corrected chi connectivity index (χ2v) is 4.23. The maximum atomic E-state index is 12.4. The average molecular weight is 240 g/mol. The quantitative estimate of drug-likeness (QED) is 0.612. The Bertz CT molecular complexity index is 806. The first-order valence-electron chi connectivity index (χ1n) is 5.66. The van der Waals surface area contributed by atoms with Gasteiger partial charge in [0.2, 0.25) is 0 Å². The third-order valence-corrected chi connectivity index (χ3v) is 2.97. The Morgan fingerprint density at radius 2 is 2.06 bits per heavy atom. The van der Waals surface area contributed by atoms with Gasteiger partial charge < -0.3 is 4.74 Å². The van der Waals surface area contributed by atoms with Crippen LogP contribution in [0.4, 0.5) is 0 Å². The van der Waals surface area contributed by atoms with Crippen LogP contribution in [0.2, 0.25) is 0 Å². The van der Waals surface area contributed by atoms with Gasteiger partial charge in [0.25, 0.3) is 5.56 Å². The van der Waals surface area contributed by atoms with Gasteiger partial charge in [-0.05, 0) is 31.2 Å². The zero-order chi connectivity index (χ0) is 12.7. The average Bonchev–Trinajstić information content (AvgIpc) is 2.40. The number of hydrogen-bond donors (Lipinski definition) is 0. The zero-order valence-electron chi connectivity index (χ0n) is 10.2. The minimum Gasteiger partial charge on any atom is -0.495 e. The third-order valence-electron chi connectivity index (χ3n) is 2.97. The highest BCUT2D eigenvalue weighted by Gasteiger charge is 2.06. The number of pyridine rings is 1. The molecule has 0 aliphatic heterocycles. The van der Waals surface area contributed by atoms with Gasteiger partial charge in [0, 0.05) is 0 Å². The van der Waals surface area contributed by atoms with Crippen molar-refractivity contribution < 1.29 is 4.74 Å². The summed E-state index contributed by atoms with van der Waals surface area (Å²) in [4.78, 5) is 16.8. The molecule has 0 aliphatic carbocycles. The van der Waals surface area contributed by atoms with Crippen molar-refractivity contribution in [3.8, 4) is 5.75 Å². The first-order chi connectivity index (χ1) is 8.69. The van der Waals surface area contributed by atoms with Crippen molar-refractivity contribution in [3.63, 3.8) is 0 Å². The van der Waals surface area contributed by atoms with E-state index in [-0.39, 0.29) is 5.56 Å². The van der Waals surface area contributed by atoms with Crippen LogP contribution in [0.5, 0.6) is 5.75 Å². The molecule has 0 saturated heterocycles. The standard InChI is InChI=1S/C14H12N2O2/c1-9-3-5-12-11(7-9)14(17)16-8-10(18-2)4-6-13(16)15-12/h3-8H,1-2H3. The fourth-order valence-electron chi connectivity index (χ4n) is 2.02. The summed E-state index contributed by atoms with van der Waals surface area (Å²) in [6.07, 6.45) is 1.66. The Hall–Kier alpha value is -2.36. The van der Waals surface area contributed by atoms with Gasteiger partial charge in [-0.1, -0.05) is 11.6 Å². The maximum absolute atomic E-state index is 12.4. The van der Waals surface area contributed by atoms with Gasteiger partial charge in [0.05, 0.1) is 24.2 Å². The smallest absolute Gasteiger partial charge is 0.265 e. The number of aryl methyl sites for hydroxylation is 1. The van der Waals surface area contributed by atoms with Gasteiger partial charge in [-0.2, -0.15) is 0 Å². The largest absolute Gasteiger partial charge is 0.495 e. The first kappa shape index (κ1) is 10.8. The van der Waals surface area contributed by atoms with E-state index >= 15 is 0 Å². The van der Waals surface area contributed by atoms with Crippen molar-refractivity contribution in [3.05, 3.63) is 52.4 Å². The molecule has 3 aromatic rings. The lowest BCUT2D eigenvalue weighted by Gasteiger charge is -2.05. The van der Waals surface area contributed by atoms with Gasteiger partial charge in [0.1, 0.15) is 11.4 Å². The second-order valence-electron chi connectivity index (χ2n) is 4.23. The van der Waals surface area contributed by atoms with E-state index in [1.54, 1.807) is 25.4 Å². The number of aromatic nitrogens is 2. The summed E-state index contributed by atoms with van der Waals surface area (Å²) < 4.78 is 6.64. The van der Waals surface area contributed by atoms with Gasteiger partial charge in [-0.3, -0.25) is 9.20 Å². The molecule has 18 heavy (non-hydrogen) atoms. The number of methoxy groups -OCH3 is 1. The number of hydrogen-bond acceptors (Lipinski definition) is 3. The summed E-state index contributed by atoms with van der Waals surface area (Å²) in [7, 11) is 1.57. The Kier molecular flexibility index (Phi) is 2.30. The predicted molar refractivity (Wildman–Crippen MR) is 70.3 cm³/mol. The molecule has 0 radical (unpaired) electrons. The van der Waals surface area contributed by atoms with E-state index in [2.05, 4.69) is 4.98 Å². The number of nitrogens with zero attached hydrogens (tertiary/aromatic N) is 2. The molecule has 0 saturated carbocycles. The molecule has 90 valence electrons. The van der Waals surface area contributed by atoms with Crippen molar-refractivity contribution in [2.75, 3.05) is 7.11 Å². The molecule has 0 amide bonds. The number of benzene rings is 1. The van der Waals surface area contributed by atoms with Crippen LogP contribution in [0.25, 0.3) is 16.6 Å². The van der Waals surface area contributed by atoms with Crippen molar-refractivity contribution in [2.24, 2.45) is 0 Å². The van der Waals surface area contributed by atoms with E-state index < -0.39 is 0 Å². The topological polar surface area (TPSA) is 43.6 Å². The van der Waals surface area contributed by atoms with E-state index in [9.17, 15) is 4.79 Å². The van der Waals surface area contributed by atoms with Crippen LogP contribution >= 0.6 is 0 Å². The lowest BCUT2D eigenvalue weighted by Crippen LogP contribution is -2.15. The van der Waals surface area contributed by atoms with Crippen LogP contribution in [-0.4, -0.2) is 16.5 Å². The first-order valence-corrected chi connectivity index (χ1v) is 5.66. The van der Waals surface area contributed by atoms with Crippen LogP contribution < -0.4 is 10.3 Å². The fraction of sp³-hybridized carbons (Fsp3) is 0.143. The Balaban J connectivity index is 2.49. The van der Waals surface area contributed by atoms with E-state index in [0.717, 1.165) is 11.1 Å². The molecule has 2 aromatic heterocycles. The van der Waals surface area contributed by atoms with Crippen LogP contribution in [0.1, 0.15) is 5.56 Å². The minimum absolute atomic E-state index is 0.0717. The molecule has 2 heterocycles. The van der Waals surface area contributed by atoms with Gasteiger partial charge in [-0.15, -0.1) is 0 Å². The summed E-state index contributed by atoms with van der Waals surface area (Å²) in [6.45, 7) is 1.96. The number of rotatable bonds is 1. The van der Waals surface area contributed by atoms with Crippen LogP contribution in [0.3, 0.4) is 0 Å². The van der Waals surface area contributed by atoms with Gasteiger partial charge in [0.15, 0.2) is 0 Å². The molecule has 0 atom stereocenters. The highest BCUT2D eigenvalue weighted by Crippen LogP contribution is 2.14. The Labute approximate surface area is 103 Å². The molecule has 4 heteroatoms. The number of fused-ring (bicyclic) bond motifs is 2. The molecule has 4 nitrogen and oxygen atoms in total. The normalized spacial score (nSPS) is 11.0. The second kappa shape index (κ2) is 3.84. The Morgan fingerprint density at radius 3 is 2.83 bits per heavy atom. The van der Waals surface area contributed by atoms with Crippen molar-refractivity contribution >= 4 is 16.6 Å². The molecule has 0 fully saturated rings. The van der Waals surface area contributed by atoms with Crippen molar-refractivity contribution in [2.45, 2.75) is 6.92 Å². The Morgan fingerprint density at radius 1 is 1.22 bits per heavy atom. The number of ether oxygens (including phenoxy) is 1. The third kappa shape index (κ3) is 1.54. The van der Waals surface area contributed by atoms with E-state index in [1.165, 1.54) is 4.40 Å². The molecule has 0 bridgehead atoms. The molecule has 0 N–H and O–H groups in total. The summed E-state index contributed by atoms with van der Waals surface area (Å²) in [5, 5.41) is 0.626. The minimum atomic E-state index is -0.0717. The van der Waals surface area contributed by atoms with Gasteiger partial charge in [-0.25, -0.2) is 4.98 Å². The molecule has 3 rings (SSSR count). The highest BCUT2D eigenvalue weighted by molar-refractivity contribution is 5.80. The van der Waals surface area contributed by atoms with Crippen LogP contribution in [0, 0.1) is 6.92 Å². The van der Waals surface area contributed by atoms with Gasteiger partial charge >= 0.3 is 0 Å². The summed E-state index contributed by atoms with van der Waals surface area (Å²) in [5.41, 5.74) is 2.31. The lowest BCUT2D eigenvalue weighted by molar-refractivity contribution is 0.412. The van der Waals surface area contributed by atoms with Crippen LogP contribution in [0.15, 0.2) is 41.3 Å². The molecule has 1 aromatic carbocycles. The molecular formula is C14H12N2O2. The lowest BCUT2D eigenvalue weighted by atomic mass is 10.2. The predicted octanol–water partition coefficient (Wildman–Crippen LogP) is 2.16. The monoisotopic (exact) mass is 240 g/mol. The molecule has 0 unspecified atom stereocenters. The van der Waals surface area contributed by atoms with E-state index in [0.29, 0.717) is 16.8 Å². The van der Waals surface area contributed by atoms with E-state index in [4.69, 9.17) is 4.74 Å². The molecule has 0 spiro atoms. The fourth-order valence-corrected chi connectivity index (χ4v) is 2.02.